The van der Waals surface area contributed by atoms with Crippen LogP contribution in [0.15, 0.2) is 24.3 Å². The molecule has 0 aliphatic carbocycles. The van der Waals surface area contributed by atoms with Crippen molar-refractivity contribution in [1.29, 1.82) is 0 Å². The molecule has 0 spiro atoms. The summed E-state index contributed by atoms with van der Waals surface area (Å²) in [5, 5.41) is 8.85. The van der Waals surface area contributed by atoms with Gasteiger partial charge in [-0.15, -0.1) is 0 Å². The average Bonchev–Trinajstić information content (AvgIpc) is 3.10. The lowest BCUT2D eigenvalue weighted by molar-refractivity contribution is -0.161. The summed E-state index contributed by atoms with van der Waals surface area (Å²) in [6, 6.07) is -1.52. The molecule has 0 amide bonds. The van der Waals surface area contributed by atoms with Crippen molar-refractivity contribution in [3.05, 3.63) is 24.3 Å². The molecule has 51 heavy (non-hydrogen) atoms. The van der Waals surface area contributed by atoms with Gasteiger partial charge in [0.15, 0.2) is 6.10 Å². The standard InChI is InChI=1S/C39H72NO10P/c1-3-5-7-9-11-13-14-15-16-17-18-19-20-21-22-23-25-27-29-31-38(42)50-35(33-48-51(45,46)49-34-36(40)39(43)44)32-47-37(41)30-28-26-24-12-10-8-6-4-2/h11,13,15-16,35-36H,3-10,12,14,17-34,40H2,1-2H3,(H,43,44)(H,45,46)/b13-11-,16-15-. The van der Waals surface area contributed by atoms with Crippen LogP contribution >= 0.6 is 7.82 Å². The summed E-state index contributed by atoms with van der Waals surface area (Å²) in [6.45, 7) is 2.73. The fraction of sp³-hybridized carbons (Fsp3) is 0.821. The maximum absolute atomic E-state index is 12.6. The summed E-state index contributed by atoms with van der Waals surface area (Å²) >= 11 is 0. The van der Waals surface area contributed by atoms with E-state index in [1.54, 1.807) is 0 Å². The number of unbranched alkanes of at least 4 members (excludes halogenated alkanes) is 19. The van der Waals surface area contributed by atoms with E-state index in [0.717, 1.165) is 51.4 Å². The van der Waals surface area contributed by atoms with Crippen molar-refractivity contribution in [2.45, 2.75) is 187 Å². The molecule has 0 saturated carbocycles. The van der Waals surface area contributed by atoms with Gasteiger partial charge in [-0.2, -0.15) is 0 Å². The number of carboxylic acids is 1. The fourth-order valence-electron chi connectivity index (χ4n) is 5.27. The minimum atomic E-state index is -4.70. The zero-order chi connectivity index (χ0) is 37.8. The van der Waals surface area contributed by atoms with Gasteiger partial charge in [0.1, 0.15) is 12.6 Å². The van der Waals surface area contributed by atoms with Crippen LogP contribution in [0.5, 0.6) is 0 Å². The van der Waals surface area contributed by atoms with Crippen LogP contribution < -0.4 is 5.73 Å². The predicted molar refractivity (Wildman–Crippen MR) is 203 cm³/mol. The van der Waals surface area contributed by atoms with Crippen LogP contribution in [0.2, 0.25) is 0 Å². The second kappa shape index (κ2) is 35.0. The van der Waals surface area contributed by atoms with Crippen LogP contribution in [0, 0.1) is 0 Å². The second-order valence-electron chi connectivity index (χ2n) is 13.4. The largest absolute Gasteiger partial charge is 0.480 e. The molecule has 0 saturated heterocycles. The van der Waals surface area contributed by atoms with Crippen molar-refractivity contribution in [2.24, 2.45) is 5.73 Å². The van der Waals surface area contributed by atoms with Gasteiger partial charge in [0.25, 0.3) is 0 Å². The van der Waals surface area contributed by atoms with Gasteiger partial charge in [-0.1, -0.05) is 141 Å². The van der Waals surface area contributed by atoms with Gasteiger partial charge < -0.3 is 25.2 Å². The van der Waals surface area contributed by atoms with Gasteiger partial charge >= 0.3 is 25.7 Å². The molecule has 0 bridgehead atoms. The molecular formula is C39H72NO10P. The van der Waals surface area contributed by atoms with E-state index in [-0.39, 0.29) is 19.4 Å². The Labute approximate surface area is 309 Å². The van der Waals surface area contributed by atoms with Crippen molar-refractivity contribution >= 4 is 25.7 Å². The number of nitrogens with two attached hydrogens (primary N) is 1. The number of carboxylic acid groups (broad SMARTS) is 1. The van der Waals surface area contributed by atoms with E-state index < -0.39 is 51.1 Å². The minimum Gasteiger partial charge on any atom is -0.480 e. The van der Waals surface area contributed by atoms with Crippen LogP contribution in [0.4, 0.5) is 0 Å². The zero-order valence-corrected chi connectivity index (χ0v) is 32.8. The topological polar surface area (TPSA) is 172 Å². The maximum Gasteiger partial charge on any atom is 0.472 e. The summed E-state index contributed by atoms with van der Waals surface area (Å²) in [6.07, 6.45) is 34.0. The Morgan fingerprint density at radius 1 is 0.608 bits per heavy atom. The van der Waals surface area contributed by atoms with E-state index in [9.17, 15) is 23.8 Å². The number of allylic oxidation sites excluding steroid dienone is 4. The molecule has 0 aliphatic heterocycles. The number of phosphoric acid groups is 1. The van der Waals surface area contributed by atoms with E-state index in [2.05, 4.69) is 42.7 Å². The molecule has 11 nitrogen and oxygen atoms in total. The van der Waals surface area contributed by atoms with Gasteiger partial charge in [0.2, 0.25) is 0 Å². The third-order valence-electron chi connectivity index (χ3n) is 8.45. The Morgan fingerprint density at radius 3 is 1.57 bits per heavy atom. The van der Waals surface area contributed by atoms with E-state index in [4.69, 9.17) is 24.8 Å². The number of ether oxygens (including phenoxy) is 2. The predicted octanol–water partition coefficient (Wildman–Crippen LogP) is 9.89. The number of carbonyl (C=O) groups excluding carboxylic acids is 2. The lowest BCUT2D eigenvalue weighted by atomic mass is 10.1. The first kappa shape index (κ1) is 49.0. The molecule has 298 valence electrons. The third-order valence-corrected chi connectivity index (χ3v) is 9.40. The first-order chi connectivity index (χ1) is 24.6. The molecule has 0 fully saturated rings. The lowest BCUT2D eigenvalue weighted by Gasteiger charge is -2.20. The van der Waals surface area contributed by atoms with Gasteiger partial charge in [-0.25, -0.2) is 4.57 Å². The van der Waals surface area contributed by atoms with E-state index in [1.807, 2.05) is 0 Å². The van der Waals surface area contributed by atoms with Crippen LogP contribution in [0.25, 0.3) is 0 Å². The summed E-state index contributed by atoms with van der Waals surface area (Å²) < 4.78 is 32.5. The molecule has 0 heterocycles. The highest BCUT2D eigenvalue weighted by Crippen LogP contribution is 2.43. The summed E-state index contributed by atoms with van der Waals surface area (Å²) in [7, 11) is -4.70. The Morgan fingerprint density at radius 2 is 1.04 bits per heavy atom. The monoisotopic (exact) mass is 745 g/mol. The molecule has 0 aromatic heterocycles. The van der Waals surface area contributed by atoms with Crippen LogP contribution in [-0.4, -0.2) is 59.9 Å². The summed E-state index contributed by atoms with van der Waals surface area (Å²) in [5.74, 6) is -2.39. The maximum atomic E-state index is 12.6. The lowest BCUT2D eigenvalue weighted by Crippen LogP contribution is -2.34. The number of aliphatic carboxylic acids is 1. The molecule has 0 aliphatic rings. The third kappa shape index (κ3) is 34.8. The highest BCUT2D eigenvalue weighted by molar-refractivity contribution is 7.47. The Balaban J connectivity index is 4.32. The molecule has 12 heteroatoms. The smallest absolute Gasteiger partial charge is 0.472 e. The van der Waals surface area contributed by atoms with Crippen LogP contribution in [0.3, 0.4) is 0 Å². The number of carbonyl (C=O) groups is 3. The SMILES string of the molecule is CCCCC/C=C\C/C=C\CCCCCCCCCCCC(=O)OC(COC(=O)CCCCCCCCCC)COP(=O)(O)OCC(N)C(=O)O. The van der Waals surface area contributed by atoms with Gasteiger partial charge in [0, 0.05) is 12.8 Å². The van der Waals surface area contributed by atoms with E-state index >= 15 is 0 Å². The van der Waals surface area contributed by atoms with Crippen molar-refractivity contribution in [3.63, 3.8) is 0 Å². The number of hydrogen-bond acceptors (Lipinski definition) is 9. The quantitative estimate of drug-likeness (QED) is 0.0239. The molecule has 0 radical (unpaired) electrons. The Bertz CT molecular complexity index is 974. The van der Waals surface area contributed by atoms with Crippen molar-refractivity contribution < 1.29 is 47.5 Å². The van der Waals surface area contributed by atoms with Crippen molar-refractivity contribution in [2.75, 3.05) is 19.8 Å². The molecule has 0 rings (SSSR count). The fourth-order valence-corrected chi connectivity index (χ4v) is 6.05. The molecule has 3 unspecified atom stereocenters. The van der Waals surface area contributed by atoms with Gasteiger partial charge in [-0.3, -0.25) is 23.4 Å². The average molecular weight is 746 g/mol. The van der Waals surface area contributed by atoms with Gasteiger partial charge in [0.05, 0.1) is 13.2 Å². The molecule has 0 aromatic rings. The summed E-state index contributed by atoms with van der Waals surface area (Å²) in [4.78, 5) is 45.7. The molecule has 0 aromatic carbocycles. The Hall–Kier alpha value is -2.04. The zero-order valence-electron chi connectivity index (χ0n) is 31.9. The van der Waals surface area contributed by atoms with E-state index in [1.165, 1.54) is 83.5 Å². The van der Waals surface area contributed by atoms with Crippen molar-refractivity contribution in [3.8, 4) is 0 Å². The highest BCUT2D eigenvalue weighted by Gasteiger charge is 2.28. The molecule has 4 N–H and O–H groups in total. The number of phosphoric ester groups is 1. The van der Waals surface area contributed by atoms with Crippen molar-refractivity contribution in [1.82, 2.24) is 0 Å². The molecule has 3 atom stereocenters. The Kier molecular flexibility index (Phi) is 33.6. The number of rotatable bonds is 37. The normalized spacial score (nSPS) is 14.1. The van der Waals surface area contributed by atoms with Crippen LogP contribution in [0.1, 0.15) is 174 Å². The summed E-state index contributed by atoms with van der Waals surface area (Å²) in [5.41, 5.74) is 5.31. The molecular weight excluding hydrogens is 673 g/mol. The minimum absolute atomic E-state index is 0.158. The first-order valence-corrected chi connectivity index (χ1v) is 21.4. The number of hydrogen-bond donors (Lipinski definition) is 3. The first-order valence-electron chi connectivity index (χ1n) is 19.9. The van der Waals surface area contributed by atoms with Gasteiger partial charge in [-0.05, 0) is 44.9 Å². The van der Waals surface area contributed by atoms with Crippen LogP contribution in [-0.2, 0) is 37.5 Å². The number of esters is 2. The second-order valence-corrected chi connectivity index (χ2v) is 14.9. The highest BCUT2D eigenvalue weighted by atomic mass is 31.2. The van der Waals surface area contributed by atoms with E-state index in [0.29, 0.717) is 12.8 Å².